The van der Waals surface area contributed by atoms with Gasteiger partial charge in [-0.3, -0.25) is 9.89 Å². The normalized spacial score (nSPS) is 12.5. The van der Waals surface area contributed by atoms with Crippen molar-refractivity contribution in [3.05, 3.63) is 15.6 Å². The van der Waals surface area contributed by atoms with Crippen LogP contribution in [-0.4, -0.2) is 54.6 Å². The molecule has 0 amide bonds. The first-order valence-electron chi connectivity index (χ1n) is 8.98. The minimum atomic E-state index is 0.591. The Morgan fingerprint density at radius 2 is 1.75 bits per heavy atom. The van der Waals surface area contributed by atoms with Gasteiger partial charge in [-0.2, -0.15) is 0 Å². The van der Waals surface area contributed by atoms with Gasteiger partial charge in [-0.15, -0.1) is 11.3 Å². The molecule has 24 heavy (non-hydrogen) atoms. The highest BCUT2D eigenvalue weighted by Crippen LogP contribution is 2.16. The highest BCUT2D eigenvalue weighted by atomic mass is 32.1. The van der Waals surface area contributed by atoms with Crippen molar-refractivity contribution in [2.45, 2.75) is 66.5 Å². The van der Waals surface area contributed by atoms with Crippen LogP contribution in [0.1, 0.15) is 49.7 Å². The van der Waals surface area contributed by atoms with Crippen LogP contribution in [0.3, 0.4) is 0 Å². The van der Waals surface area contributed by atoms with Gasteiger partial charge in [0.25, 0.3) is 0 Å². The van der Waals surface area contributed by atoms with Crippen LogP contribution >= 0.6 is 11.3 Å². The quantitative estimate of drug-likeness (QED) is 0.407. The molecule has 138 valence electrons. The highest BCUT2D eigenvalue weighted by molar-refractivity contribution is 7.11. The predicted octanol–water partition coefficient (Wildman–Crippen LogP) is 2.98. The minimum absolute atomic E-state index is 0.591. The lowest BCUT2D eigenvalue weighted by Gasteiger charge is -2.30. The second-order valence-corrected chi connectivity index (χ2v) is 7.98. The molecule has 0 aliphatic carbocycles. The van der Waals surface area contributed by atoms with Gasteiger partial charge < -0.3 is 10.6 Å². The topological polar surface area (TPSA) is 52.6 Å². The van der Waals surface area contributed by atoms with Crippen molar-refractivity contribution < 1.29 is 0 Å². The molecular formula is C18H35N5S. The van der Waals surface area contributed by atoms with E-state index in [1.54, 1.807) is 11.3 Å². The maximum atomic E-state index is 4.47. The molecule has 0 fully saturated rings. The fourth-order valence-corrected chi connectivity index (χ4v) is 3.84. The molecule has 0 unspecified atom stereocenters. The largest absolute Gasteiger partial charge is 0.356 e. The number of nitrogens with zero attached hydrogens (tertiary/aromatic N) is 3. The van der Waals surface area contributed by atoms with Crippen molar-refractivity contribution in [3.63, 3.8) is 0 Å². The second kappa shape index (κ2) is 10.7. The number of thiazole rings is 1. The van der Waals surface area contributed by atoms with E-state index in [1.807, 2.05) is 7.05 Å². The minimum Gasteiger partial charge on any atom is -0.356 e. The van der Waals surface area contributed by atoms with E-state index >= 15 is 0 Å². The zero-order valence-electron chi connectivity index (χ0n) is 16.4. The van der Waals surface area contributed by atoms with Gasteiger partial charge in [0.2, 0.25) is 0 Å². The Hall–Kier alpha value is -1.14. The number of aromatic nitrogens is 1. The monoisotopic (exact) mass is 353 g/mol. The predicted molar refractivity (Wildman–Crippen MR) is 106 cm³/mol. The lowest BCUT2D eigenvalue weighted by Crippen LogP contribution is -2.41. The zero-order valence-corrected chi connectivity index (χ0v) is 17.3. The molecule has 1 rings (SSSR count). The van der Waals surface area contributed by atoms with Crippen LogP contribution in [0, 0.1) is 13.8 Å². The molecule has 0 aliphatic heterocycles. The molecule has 1 aromatic heterocycles. The zero-order chi connectivity index (χ0) is 18.1. The summed E-state index contributed by atoms with van der Waals surface area (Å²) in [6.45, 7) is 16.1. The van der Waals surface area contributed by atoms with Gasteiger partial charge in [0, 0.05) is 50.1 Å². The van der Waals surface area contributed by atoms with E-state index in [2.05, 4.69) is 67.1 Å². The fraction of sp³-hybridized carbons (Fsp3) is 0.778. The smallest absolute Gasteiger partial charge is 0.190 e. The summed E-state index contributed by atoms with van der Waals surface area (Å²) >= 11 is 1.79. The molecule has 0 radical (unpaired) electrons. The molecule has 5 nitrogen and oxygen atoms in total. The highest BCUT2D eigenvalue weighted by Gasteiger charge is 2.12. The summed E-state index contributed by atoms with van der Waals surface area (Å²) in [6, 6.07) is 1.18. The van der Waals surface area contributed by atoms with E-state index in [9.17, 15) is 0 Å². The van der Waals surface area contributed by atoms with E-state index in [4.69, 9.17) is 0 Å². The number of aryl methyl sites for hydroxylation is 2. The third-order valence-electron chi connectivity index (χ3n) is 4.08. The Labute approximate surface area is 152 Å². The van der Waals surface area contributed by atoms with Crippen molar-refractivity contribution in [1.82, 2.24) is 20.5 Å². The Bertz CT molecular complexity index is 500. The van der Waals surface area contributed by atoms with Crippen molar-refractivity contribution >= 4 is 17.3 Å². The molecule has 0 aromatic carbocycles. The van der Waals surface area contributed by atoms with Crippen molar-refractivity contribution in [2.75, 3.05) is 26.7 Å². The van der Waals surface area contributed by atoms with E-state index in [-0.39, 0.29) is 0 Å². The van der Waals surface area contributed by atoms with Gasteiger partial charge in [-0.05, 0) is 48.0 Å². The first-order valence-corrected chi connectivity index (χ1v) is 9.80. The molecule has 6 heteroatoms. The van der Waals surface area contributed by atoms with E-state index in [0.717, 1.165) is 49.1 Å². The third-order valence-corrected chi connectivity index (χ3v) is 5.21. The van der Waals surface area contributed by atoms with Crippen LogP contribution in [0.25, 0.3) is 0 Å². The first-order chi connectivity index (χ1) is 11.3. The molecule has 0 atom stereocenters. The molecule has 0 bridgehead atoms. The summed E-state index contributed by atoms with van der Waals surface area (Å²) in [6.07, 6.45) is 2.11. The summed E-state index contributed by atoms with van der Waals surface area (Å²) in [5.74, 6) is 0.884. The molecule has 0 spiro atoms. The van der Waals surface area contributed by atoms with E-state index < -0.39 is 0 Å². The average molecular weight is 354 g/mol. The fourth-order valence-electron chi connectivity index (χ4n) is 2.90. The van der Waals surface area contributed by atoms with Crippen molar-refractivity contribution in [1.29, 1.82) is 0 Å². The molecule has 2 N–H and O–H groups in total. The number of nitrogens with one attached hydrogen (secondary N) is 2. The van der Waals surface area contributed by atoms with Gasteiger partial charge in [0.15, 0.2) is 5.96 Å². The molecule has 0 saturated heterocycles. The second-order valence-electron chi connectivity index (χ2n) is 6.70. The molecule has 1 heterocycles. The van der Waals surface area contributed by atoms with Crippen LogP contribution in [0.2, 0.25) is 0 Å². The van der Waals surface area contributed by atoms with E-state index in [1.165, 1.54) is 4.88 Å². The van der Waals surface area contributed by atoms with Crippen LogP contribution in [0.15, 0.2) is 4.99 Å². The van der Waals surface area contributed by atoms with Crippen LogP contribution in [-0.2, 0) is 6.42 Å². The summed E-state index contributed by atoms with van der Waals surface area (Å²) in [5.41, 5.74) is 1.16. The Kier molecular flexibility index (Phi) is 9.29. The Balaban J connectivity index is 2.27. The van der Waals surface area contributed by atoms with Crippen molar-refractivity contribution in [3.8, 4) is 0 Å². The third kappa shape index (κ3) is 7.18. The van der Waals surface area contributed by atoms with Gasteiger partial charge in [-0.1, -0.05) is 0 Å². The maximum Gasteiger partial charge on any atom is 0.190 e. The maximum absolute atomic E-state index is 4.47. The van der Waals surface area contributed by atoms with Crippen LogP contribution < -0.4 is 10.6 Å². The lowest BCUT2D eigenvalue weighted by atomic mass is 10.2. The van der Waals surface area contributed by atoms with Gasteiger partial charge in [-0.25, -0.2) is 4.98 Å². The Morgan fingerprint density at radius 3 is 2.25 bits per heavy atom. The number of hydrogen-bond acceptors (Lipinski definition) is 4. The van der Waals surface area contributed by atoms with E-state index in [0.29, 0.717) is 12.1 Å². The molecule has 1 aromatic rings. The first kappa shape index (κ1) is 20.9. The van der Waals surface area contributed by atoms with Gasteiger partial charge in [0.05, 0.1) is 10.7 Å². The number of hydrogen-bond donors (Lipinski definition) is 2. The number of rotatable bonds is 9. The summed E-state index contributed by atoms with van der Waals surface area (Å²) in [5, 5.41) is 7.94. The molecule has 0 saturated carbocycles. The van der Waals surface area contributed by atoms with Gasteiger partial charge >= 0.3 is 0 Å². The molecule has 0 aliphatic rings. The van der Waals surface area contributed by atoms with Gasteiger partial charge in [0.1, 0.15) is 0 Å². The molecular weight excluding hydrogens is 318 g/mol. The van der Waals surface area contributed by atoms with Crippen LogP contribution in [0.5, 0.6) is 0 Å². The van der Waals surface area contributed by atoms with Crippen molar-refractivity contribution in [2.24, 2.45) is 4.99 Å². The average Bonchev–Trinajstić information content (AvgIpc) is 2.82. The SMILES string of the molecule is CN=C(NCCCN(C(C)C)C(C)C)NCCc1sc(C)nc1C. The number of aliphatic imine (C=N–C) groups is 1. The van der Waals surface area contributed by atoms with Crippen LogP contribution in [0.4, 0.5) is 0 Å². The standard InChI is InChI=1S/C18H35N5S/c1-13(2)23(14(3)4)12-8-10-20-18(19-7)21-11-9-17-15(5)22-16(6)24-17/h13-14H,8-12H2,1-7H3,(H2,19,20,21). The Morgan fingerprint density at radius 1 is 1.12 bits per heavy atom. The summed E-state index contributed by atoms with van der Waals surface area (Å²) in [4.78, 5) is 12.7. The number of guanidine groups is 1. The summed E-state index contributed by atoms with van der Waals surface area (Å²) < 4.78 is 0. The lowest BCUT2D eigenvalue weighted by molar-refractivity contribution is 0.173. The summed E-state index contributed by atoms with van der Waals surface area (Å²) in [7, 11) is 1.83.